The van der Waals surface area contributed by atoms with Gasteiger partial charge < -0.3 is 14.2 Å². The molecule has 0 N–H and O–H groups in total. The summed E-state index contributed by atoms with van der Waals surface area (Å²) in [4.78, 5) is 0. The molecule has 0 aliphatic carbocycles. The Morgan fingerprint density at radius 1 is 0.926 bits per heavy atom. The van der Waals surface area contributed by atoms with Crippen molar-refractivity contribution in [2.45, 2.75) is 64.7 Å². The van der Waals surface area contributed by atoms with Crippen LogP contribution in [0.4, 0.5) is 0 Å². The Balaban J connectivity index is 1.32. The highest BCUT2D eigenvalue weighted by Crippen LogP contribution is 2.31. The second kappa shape index (κ2) is 13.0. The highest BCUT2D eigenvalue weighted by molar-refractivity contribution is 5.48. The minimum absolute atomic E-state index is 0.332. The maximum absolute atomic E-state index is 5.85. The molecule has 0 bridgehead atoms. The minimum atomic E-state index is 0.332. The maximum Gasteiger partial charge on any atom is 0.119 e. The van der Waals surface area contributed by atoms with Crippen molar-refractivity contribution in [2.24, 2.45) is 5.41 Å². The number of benzene rings is 1. The van der Waals surface area contributed by atoms with Crippen LogP contribution in [0, 0.1) is 5.41 Å². The van der Waals surface area contributed by atoms with Gasteiger partial charge in [-0.2, -0.15) is 0 Å². The van der Waals surface area contributed by atoms with Gasteiger partial charge in [-0.15, -0.1) is 0 Å². The van der Waals surface area contributed by atoms with Crippen molar-refractivity contribution in [3.63, 3.8) is 0 Å². The fourth-order valence-corrected chi connectivity index (χ4v) is 3.33. The lowest BCUT2D eigenvalue weighted by atomic mass is 9.84. The fourth-order valence-electron chi connectivity index (χ4n) is 3.33. The average Bonchev–Trinajstić information content (AvgIpc) is 2.67. The molecule has 3 heteroatoms. The summed E-state index contributed by atoms with van der Waals surface area (Å²) < 4.78 is 17.0. The van der Waals surface area contributed by atoms with Gasteiger partial charge >= 0.3 is 0 Å². The van der Waals surface area contributed by atoms with E-state index in [-0.39, 0.29) is 0 Å². The van der Waals surface area contributed by atoms with Gasteiger partial charge in [0.2, 0.25) is 0 Å². The monoisotopic (exact) mass is 374 g/mol. The number of ether oxygens (including phenoxy) is 3. The zero-order valence-electron chi connectivity index (χ0n) is 17.2. The predicted molar refractivity (Wildman–Crippen MR) is 113 cm³/mol. The number of rotatable bonds is 16. The summed E-state index contributed by atoms with van der Waals surface area (Å²) in [5.74, 6) is 0.956. The first kappa shape index (κ1) is 22.0. The number of hydrogen-bond donors (Lipinski definition) is 0. The molecule has 0 atom stereocenters. The largest absolute Gasteiger partial charge is 0.494 e. The molecule has 0 unspecified atom stereocenters. The van der Waals surface area contributed by atoms with Crippen molar-refractivity contribution < 1.29 is 14.2 Å². The Bertz CT molecular complexity index is 499. The summed E-state index contributed by atoms with van der Waals surface area (Å²) in [6, 6.07) is 8.11. The maximum atomic E-state index is 5.85. The highest BCUT2D eigenvalue weighted by Gasteiger charge is 2.36. The molecule has 0 saturated carbocycles. The Hall–Kier alpha value is -1.32. The fraction of sp³-hybridized carbons (Fsp3) is 0.667. The summed E-state index contributed by atoms with van der Waals surface area (Å²) in [6.45, 7) is 10.4. The molecule has 1 fully saturated rings. The van der Waals surface area contributed by atoms with E-state index in [0.29, 0.717) is 5.41 Å². The standard InChI is InChI=1S/C24H38O3/c1-3-22-13-15-23(16-14-22)27-18-12-10-8-6-5-7-9-11-17-25-19-24(4-2)20-26-21-24/h3,13-16H,1,4-12,17-21H2,2H3. The van der Waals surface area contributed by atoms with Crippen LogP contribution in [0.5, 0.6) is 5.75 Å². The van der Waals surface area contributed by atoms with E-state index >= 15 is 0 Å². The summed E-state index contributed by atoms with van der Waals surface area (Å²) in [5.41, 5.74) is 1.46. The van der Waals surface area contributed by atoms with Crippen LogP contribution >= 0.6 is 0 Å². The molecule has 1 aromatic rings. The van der Waals surface area contributed by atoms with Gasteiger partial charge in [0, 0.05) is 12.0 Å². The third kappa shape index (κ3) is 8.49. The zero-order chi connectivity index (χ0) is 19.2. The molecule has 0 spiro atoms. The lowest BCUT2D eigenvalue weighted by molar-refractivity contribution is -0.150. The van der Waals surface area contributed by atoms with Gasteiger partial charge in [-0.1, -0.05) is 70.2 Å². The van der Waals surface area contributed by atoms with Gasteiger partial charge in [-0.05, 0) is 37.0 Å². The van der Waals surface area contributed by atoms with Crippen molar-refractivity contribution in [2.75, 3.05) is 33.0 Å². The summed E-state index contributed by atoms with van der Waals surface area (Å²) in [7, 11) is 0. The molecule has 1 aliphatic rings. The normalized spacial score (nSPS) is 15.3. The van der Waals surface area contributed by atoms with E-state index in [2.05, 4.69) is 13.5 Å². The van der Waals surface area contributed by atoms with Crippen LogP contribution in [0.3, 0.4) is 0 Å². The third-order valence-electron chi connectivity index (χ3n) is 5.54. The van der Waals surface area contributed by atoms with Crippen LogP contribution in [0.15, 0.2) is 30.8 Å². The van der Waals surface area contributed by atoms with Gasteiger partial charge in [0.05, 0.1) is 26.4 Å². The molecule has 152 valence electrons. The summed E-state index contributed by atoms with van der Waals surface area (Å²) in [6.07, 6.45) is 13.2. The highest BCUT2D eigenvalue weighted by atomic mass is 16.5. The number of hydrogen-bond acceptors (Lipinski definition) is 3. The molecule has 1 saturated heterocycles. The molecule has 0 amide bonds. The Morgan fingerprint density at radius 3 is 2.04 bits per heavy atom. The zero-order valence-corrected chi connectivity index (χ0v) is 17.2. The molecular formula is C24H38O3. The van der Waals surface area contributed by atoms with Crippen LogP contribution in [0.1, 0.15) is 70.3 Å². The number of unbranched alkanes of at least 4 members (excludes halogenated alkanes) is 7. The van der Waals surface area contributed by atoms with E-state index < -0.39 is 0 Å². The van der Waals surface area contributed by atoms with Gasteiger partial charge in [0.1, 0.15) is 5.75 Å². The van der Waals surface area contributed by atoms with Crippen LogP contribution in [-0.2, 0) is 9.47 Å². The van der Waals surface area contributed by atoms with E-state index in [9.17, 15) is 0 Å². The molecule has 3 nitrogen and oxygen atoms in total. The van der Waals surface area contributed by atoms with E-state index in [1.165, 1.54) is 51.4 Å². The molecule has 1 aromatic carbocycles. The Morgan fingerprint density at radius 2 is 1.52 bits per heavy atom. The first-order valence-corrected chi connectivity index (χ1v) is 10.8. The Labute approximate surface area is 166 Å². The molecule has 27 heavy (non-hydrogen) atoms. The van der Waals surface area contributed by atoms with E-state index in [0.717, 1.165) is 50.8 Å². The van der Waals surface area contributed by atoms with E-state index in [1.807, 2.05) is 30.3 Å². The lowest BCUT2D eigenvalue weighted by Gasteiger charge is -2.40. The first-order valence-electron chi connectivity index (χ1n) is 10.8. The van der Waals surface area contributed by atoms with Crippen molar-refractivity contribution in [3.8, 4) is 5.75 Å². The minimum Gasteiger partial charge on any atom is -0.494 e. The Kier molecular flexibility index (Phi) is 10.5. The molecule has 2 rings (SSSR count). The summed E-state index contributed by atoms with van der Waals surface area (Å²) in [5, 5.41) is 0. The molecule has 0 radical (unpaired) electrons. The quantitative estimate of drug-likeness (QED) is 0.319. The molecule has 0 aromatic heterocycles. The third-order valence-corrected chi connectivity index (χ3v) is 5.54. The van der Waals surface area contributed by atoms with Crippen LogP contribution in [-0.4, -0.2) is 33.0 Å². The average molecular weight is 375 g/mol. The van der Waals surface area contributed by atoms with Gasteiger partial charge in [-0.25, -0.2) is 0 Å². The lowest BCUT2D eigenvalue weighted by Crippen LogP contribution is -2.45. The topological polar surface area (TPSA) is 27.7 Å². The second-order valence-corrected chi connectivity index (χ2v) is 7.85. The van der Waals surface area contributed by atoms with Crippen molar-refractivity contribution in [1.29, 1.82) is 0 Å². The molecular weight excluding hydrogens is 336 g/mol. The van der Waals surface area contributed by atoms with Crippen molar-refractivity contribution >= 4 is 6.08 Å². The molecule has 1 heterocycles. The smallest absolute Gasteiger partial charge is 0.119 e. The van der Waals surface area contributed by atoms with Crippen LogP contribution in [0.25, 0.3) is 6.08 Å². The van der Waals surface area contributed by atoms with Gasteiger partial charge in [0.15, 0.2) is 0 Å². The van der Waals surface area contributed by atoms with E-state index in [1.54, 1.807) is 0 Å². The SMILES string of the molecule is C=Cc1ccc(OCCCCCCCCCCOCC2(CC)COC2)cc1. The van der Waals surface area contributed by atoms with Crippen LogP contribution < -0.4 is 4.74 Å². The van der Waals surface area contributed by atoms with Crippen molar-refractivity contribution in [1.82, 2.24) is 0 Å². The predicted octanol–water partition coefficient (Wildman–Crippen LogP) is 6.27. The molecule has 1 aliphatic heterocycles. The van der Waals surface area contributed by atoms with Gasteiger partial charge in [-0.3, -0.25) is 0 Å². The van der Waals surface area contributed by atoms with E-state index in [4.69, 9.17) is 14.2 Å². The van der Waals surface area contributed by atoms with Gasteiger partial charge in [0.25, 0.3) is 0 Å². The van der Waals surface area contributed by atoms with Crippen molar-refractivity contribution in [3.05, 3.63) is 36.4 Å². The first-order chi connectivity index (χ1) is 13.3. The summed E-state index contributed by atoms with van der Waals surface area (Å²) >= 11 is 0. The second-order valence-electron chi connectivity index (χ2n) is 7.85. The van der Waals surface area contributed by atoms with Crippen LogP contribution in [0.2, 0.25) is 0 Å².